The Morgan fingerprint density at radius 3 is 2.35 bits per heavy atom. The number of nitrogens with zero attached hydrogens (tertiary/aromatic N) is 3. The molecule has 2 aromatic heterocycles. The molecule has 1 fully saturated rings. The monoisotopic (exact) mass is 307 g/mol. The largest absolute Gasteiger partial charge is 0.296 e. The number of rotatable bonds is 4. The van der Waals surface area contributed by atoms with E-state index < -0.39 is 0 Å². The van der Waals surface area contributed by atoms with Gasteiger partial charge in [0.2, 0.25) is 0 Å². The van der Waals surface area contributed by atoms with Gasteiger partial charge >= 0.3 is 0 Å². The molecule has 0 atom stereocenters. The van der Waals surface area contributed by atoms with Crippen molar-refractivity contribution in [3.8, 4) is 0 Å². The van der Waals surface area contributed by atoms with Crippen LogP contribution in [0.15, 0.2) is 36.5 Å². The van der Waals surface area contributed by atoms with Crippen LogP contribution in [0.1, 0.15) is 10.6 Å². The summed E-state index contributed by atoms with van der Waals surface area (Å²) < 4.78 is 0.883. The molecule has 0 saturated carbocycles. The Morgan fingerprint density at radius 1 is 1.00 bits per heavy atom. The molecule has 1 aliphatic heterocycles. The zero-order chi connectivity index (χ0) is 13.8. The zero-order valence-corrected chi connectivity index (χ0v) is 12.9. The second kappa shape index (κ2) is 6.68. The average Bonchev–Trinajstić information content (AvgIpc) is 2.88. The summed E-state index contributed by atoms with van der Waals surface area (Å²) in [5.74, 6) is 0. The van der Waals surface area contributed by atoms with Crippen molar-refractivity contribution in [3.63, 3.8) is 0 Å². The Labute approximate surface area is 128 Å². The van der Waals surface area contributed by atoms with Crippen molar-refractivity contribution in [2.45, 2.75) is 13.1 Å². The minimum Gasteiger partial charge on any atom is -0.296 e. The van der Waals surface area contributed by atoms with E-state index in [4.69, 9.17) is 11.6 Å². The molecule has 0 radical (unpaired) electrons. The lowest BCUT2D eigenvalue weighted by Crippen LogP contribution is -2.45. The third-order valence-corrected chi connectivity index (χ3v) is 4.80. The van der Waals surface area contributed by atoms with Crippen molar-refractivity contribution in [2.24, 2.45) is 0 Å². The van der Waals surface area contributed by atoms with Crippen LogP contribution in [-0.2, 0) is 13.1 Å². The van der Waals surface area contributed by atoms with Crippen LogP contribution in [0.3, 0.4) is 0 Å². The van der Waals surface area contributed by atoms with Crippen LogP contribution >= 0.6 is 22.9 Å². The maximum absolute atomic E-state index is 5.98. The Morgan fingerprint density at radius 2 is 1.75 bits per heavy atom. The molecule has 5 heteroatoms. The third-order valence-electron chi connectivity index (χ3n) is 3.58. The summed E-state index contributed by atoms with van der Waals surface area (Å²) in [6, 6.07) is 10.2. The Kier molecular flexibility index (Phi) is 4.68. The van der Waals surface area contributed by atoms with Crippen molar-refractivity contribution in [3.05, 3.63) is 51.4 Å². The summed E-state index contributed by atoms with van der Waals surface area (Å²) in [4.78, 5) is 10.7. The van der Waals surface area contributed by atoms with E-state index in [1.165, 1.54) is 4.88 Å². The minimum absolute atomic E-state index is 0.883. The van der Waals surface area contributed by atoms with E-state index in [0.717, 1.165) is 49.3 Å². The highest BCUT2D eigenvalue weighted by Gasteiger charge is 2.17. The van der Waals surface area contributed by atoms with Gasteiger partial charge in [-0.2, -0.15) is 0 Å². The van der Waals surface area contributed by atoms with Gasteiger partial charge in [-0.15, -0.1) is 11.3 Å². The standard InChI is InChI=1S/C15H18ClN3S/c16-15-5-4-14(20-15)12-19-9-7-18(8-10-19)11-13-3-1-2-6-17-13/h1-6H,7-12H2. The fourth-order valence-corrected chi connectivity index (χ4v) is 3.61. The summed E-state index contributed by atoms with van der Waals surface area (Å²) >= 11 is 7.66. The predicted octanol–water partition coefficient (Wildman–Crippen LogP) is 3.11. The molecule has 0 bridgehead atoms. The molecule has 0 amide bonds. The van der Waals surface area contributed by atoms with E-state index in [1.54, 1.807) is 11.3 Å². The smallest absolute Gasteiger partial charge is 0.0931 e. The molecular weight excluding hydrogens is 290 g/mol. The van der Waals surface area contributed by atoms with Crippen LogP contribution in [0.25, 0.3) is 0 Å². The molecule has 106 valence electrons. The number of hydrogen-bond donors (Lipinski definition) is 0. The van der Waals surface area contributed by atoms with Crippen molar-refractivity contribution >= 4 is 22.9 Å². The number of pyridine rings is 1. The Bertz CT molecular complexity index is 535. The first-order valence-corrected chi connectivity index (χ1v) is 8.08. The first-order chi connectivity index (χ1) is 9.79. The van der Waals surface area contributed by atoms with Crippen LogP contribution < -0.4 is 0 Å². The van der Waals surface area contributed by atoms with Crippen LogP contribution in [0.2, 0.25) is 4.34 Å². The lowest BCUT2D eigenvalue weighted by atomic mass is 10.2. The maximum Gasteiger partial charge on any atom is 0.0931 e. The van der Waals surface area contributed by atoms with Crippen LogP contribution in [-0.4, -0.2) is 41.0 Å². The highest BCUT2D eigenvalue weighted by molar-refractivity contribution is 7.16. The lowest BCUT2D eigenvalue weighted by molar-refractivity contribution is 0.122. The normalized spacial score (nSPS) is 17.4. The van der Waals surface area contributed by atoms with Crippen molar-refractivity contribution in [1.82, 2.24) is 14.8 Å². The minimum atomic E-state index is 0.883. The van der Waals surface area contributed by atoms with E-state index in [1.807, 2.05) is 18.3 Å². The van der Waals surface area contributed by atoms with Gasteiger partial charge in [-0.25, -0.2) is 0 Å². The lowest BCUT2D eigenvalue weighted by Gasteiger charge is -2.34. The fraction of sp³-hybridized carbons (Fsp3) is 0.400. The summed E-state index contributed by atoms with van der Waals surface area (Å²) in [6.07, 6.45) is 1.87. The molecular formula is C15H18ClN3S. The van der Waals surface area contributed by atoms with Crippen molar-refractivity contribution < 1.29 is 0 Å². The van der Waals surface area contributed by atoms with E-state index >= 15 is 0 Å². The van der Waals surface area contributed by atoms with E-state index in [2.05, 4.69) is 33.0 Å². The number of hydrogen-bond acceptors (Lipinski definition) is 4. The summed E-state index contributed by atoms with van der Waals surface area (Å²) in [5, 5.41) is 0. The first-order valence-electron chi connectivity index (χ1n) is 6.88. The van der Waals surface area contributed by atoms with Gasteiger partial charge < -0.3 is 0 Å². The number of aromatic nitrogens is 1. The van der Waals surface area contributed by atoms with Crippen LogP contribution in [0.5, 0.6) is 0 Å². The number of thiophene rings is 1. The van der Waals surface area contributed by atoms with Crippen molar-refractivity contribution in [2.75, 3.05) is 26.2 Å². The van der Waals surface area contributed by atoms with Crippen LogP contribution in [0.4, 0.5) is 0 Å². The molecule has 1 aliphatic rings. The van der Waals surface area contributed by atoms with Gasteiger partial charge in [0.25, 0.3) is 0 Å². The summed E-state index contributed by atoms with van der Waals surface area (Å²) in [5.41, 5.74) is 1.16. The molecule has 0 aliphatic carbocycles. The second-order valence-corrected chi connectivity index (χ2v) is 6.88. The van der Waals surface area contributed by atoms with Gasteiger partial charge in [0.1, 0.15) is 0 Å². The van der Waals surface area contributed by atoms with Crippen LogP contribution in [0, 0.1) is 0 Å². The highest BCUT2D eigenvalue weighted by Crippen LogP contribution is 2.23. The van der Waals surface area contributed by atoms with E-state index in [-0.39, 0.29) is 0 Å². The number of piperazine rings is 1. The molecule has 0 unspecified atom stereocenters. The van der Waals surface area contributed by atoms with Gasteiger partial charge in [0, 0.05) is 50.3 Å². The van der Waals surface area contributed by atoms with Crippen molar-refractivity contribution in [1.29, 1.82) is 0 Å². The van der Waals surface area contributed by atoms with Gasteiger partial charge in [-0.3, -0.25) is 14.8 Å². The molecule has 3 heterocycles. The topological polar surface area (TPSA) is 19.4 Å². The molecule has 2 aromatic rings. The highest BCUT2D eigenvalue weighted by atomic mass is 35.5. The first kappa shape index (κ1) is 14.0. The Balaban J connectivity index is 1.47. The van der Waals surface area contributed by atoms with E-state index in [9.17, 15) is 0 Å². The SMILES string of the molecule is Clc1ccc(CN2CCN(Cc3ccccn3)CC2)s1. The Hall–Kier alpha value is -0.940. The van der Waals surface area contributed by atoms with Gasteiger partial charge in [-0.1, -0.05) is 17.7 Å². The molecule has 3 rings (SSSR count). The van der Waals surface area contributed by atoms with Gasteiger partial charge in [0.15, 0.2) is 0 Å². The van der Waals surface area contributed by atoms with Gasteiger partial charge in [0.05, 0.1) is 10.0 Å². The molecule has 1 saturated heterocycles. The fourth-order valence-electron chi connectivity index (χ4n) is 2.48. The maximum atomic E-state index is 5.98. The third kappa shape index (κ3) is 3.79. The molecule has 0 spiro atoms. The molecule has 3 nitrogen and oxygen atoms in total. The van der Waals surface area contributed by atoms with Gasteiger partial charge in [-0.05, 0) is 24.3 Å². The predicted molar refractivity (Wildman–Crippen MR) is 84.1 cm³/mol. The molecule has 20 heavy (non-hydrogen) atoms. The summed E-state index contributed by atoms with van der Waals surface area (Å²) in [6.45, 7) is 6.42. The average molecular weight is 308 g/mol. The zero-order valence-electron chi connectivity index (χ0n) is 11.3. The van der Waals surface area contributed by atoms with E-state index in [0.29, 0.717) is 0 Å². The second-order valence-electron chi connectivity index (χ2n) is 5.08. The number of halogens is 1. The molecule has 0 N–H and O–H groups in total. The molecule has 0 aromatic carbocycles. The quantitative estimate of drug-likeness (QED) is 0.865. The summed E-state index contributed by atoms with van der Waals surface area (Å²) in [7, 11) is 0.